The molecule has 1 amide bonds. The molecule has 0 radical (unpaired) electrons. The number of nitrogens with zero attached hydrogens (tertiary/aromatic N) is 3. The van der Waals surface area contributed by atoms with Crippen LogP contribution in [0.25, 0.3) is 10.9 Å². The van der Waals surface area contributed by atoms with Crippen LogP contribution in [0.3, 0.4) is 0 Å². The van der Waals surface area contributed by atoms with Crippen LogP contribution >= 0.6 is 15.9 Å². The van der Waals surface area contributed by atoms with Gasteiger partial charge in [-0.15, -0.1) is 0 Å². The molecule has 3 rings (SSSR count). The Labute approximate surface area is 151 Å². The second-order valence-corrected chi connectivity index (χ2v) is 8.61. The van der Waals surface area contributed by atoms with Crippen molar-refractivity contribution in [2.75, 3.05) is 13.1 Å². The number of hydrogen-bond acceptors (Lipinski definition) is 3. The molecule has 0 N–H and O–H groups in total. The predicted octanol–water partition coefficient (Wildman–Crippen LogP) is 4.62. The third-order valence-corrected chi connectivity index (χ3v) is 4.64. The molecule has 2 aromatic rings. The molecule has 0 spiro atoms. The number of amides is 1. The van der Waals surface area contributed by atoms with E-state index < -0.39 is 5.60 Å². The summed E-state index contributed by atoms with van der Waals surface area (Å²) in [5, 5.41) is 5.82. The Kier molecular flexibility index (Phi) is 4.60. The van der Waals surface area contributed by atoms with E-state index in [2.05, 4.69) is 35.1 Å². The first-order valence-electron chi connectivity index (χ1n) is 8.33. The monoisotopic (exact) mass is 393 g/mol. The van der Waals surface area contributed by atoms with Crippen LogP contribution in [-0.4, -0.2) is 39.5 Å². The summed E-state index contributed by atoms with van der Waals surface area (Å²) in [7, 11) is 0. The topological polar surface area (TPSA) is 47.4 Å². The average Bonchev–Trinajstić information content (AvgIpc) is 2.87. The quantitative estimate of drug-likeness (QED) is 0.709. The number of piperidine rings is 1. The lowest BCUT2D eigenvalue weighted by Crippen LogP contribution is -2.46. The Hall–Kier alpha value is -1.56. The van der Waals surface area contributed by atoms with Crippen LogP contribution in [0.1, 0.15) is 40.2 Å². The van der Waals surface area contributed by atoms with E-state index in [-0.39, 0.29) is 12.1 Å². The molecule has 1 aromatic heterocycles. The summed E-state index contributed by atoms with van der Waals surface area (Å²) >= 11 is 3.49. The highest BCUT2D eigenvalue weighted by atomic mass is 79.9. The van der Waals surface area contributed by atoms with E-state index >= 15 is 0 Å². The Morgan fingerprint density at radius 3 is 2.79 bits per heavy atom. The fourth-order valence-electron chi connectivity index (χ4n) is 3.18. The number of hydrogen-bond donors (Lipinski definition) is 0. The van der Waals surface area contributed by atoms with Gasteiger partial charge in [0.15, 0.2) is 0 Å². The van der Waals surface area contributed by atoms with Gasteiger partial charge in [0.25, 0.3) is 0 Å². The van der Waals surface area contributed by atoms with Gasteiger partial charge in [0, 0.05) is 29.1 Å². The van der Waals surface area contributed by atoms with Crippen LogP contribution in [-0.2, 0) is 4.74 Å². The highest BCUT2D eigenvalue weighted by Crippen LogP contribution is 2.28. The molecule has 2 heterocycles. The summed E-state index contributed by atoms with van der Waals surface area (Å²) in [6, 6.07) is 6.27. The van der Waals surface area contributed by atoms with Gasteiger partial charge in [0.2, 0.25) is 0 Å². The summed E-state index contributed by atoms with van der Waals surface area (Å²) in [5.74, 6) is 0.412. The number of rotatable bonds is 1. The van der Waals surface area contributed by atoms with Crippen molar-refractivity contribution in [3.63, 3.8) is 0 Å². The molecule has 1 aliphatic rings. The van der Waals surface area contributed by atoms with Crippen molar-refractivity contribution in [3.8, 4) is 0 Å². The zero-order valence-corrected chi connectivity index (χ0v) is 16.2. The standard InChI is InChI=1S/C18H24BrN3O2/c1-12-7-15(11-21(9-12)17(23)24-18(2,3)4)22-10-13-5-6-14(19)8-16(13)20-22/h5-6,8,10,12,15H,7,9,11H2,1-4H3/t12-,15?/m1/s1. The molecule has 0 aliphatic carbocycles. The molecule has 1 fully saturated rings. The number of likely N-dealkylation sites (tertiary alicyclic amines) is 1. The molecule has 130 valence electrons. The first-order valence-corrected chi connectivity index (χ1v) is 9.13. The highest BCUT2D eigenvalue weighted by molar-refractivity contribution is 9.10. The van der Waals surface area contributed by atoms with Gasteiger partial charge in [-0.3, -0.25) is 4.68 Å². The normalized spacial score (nSPS) is 22.0. The smallest absolute Gasteiger partial charge is 0.410 e. The summed E-state index contributed by atoms with van der Waals surface area (Å²) in [5.41, 5.74) is 0.492. The van der Waals surface area contributed by atoms with Crippen LogP contribution in [0.2, 0.25) is 0 Å². The van der Waals surface area contributed by atoms with E-state index in [1.807, 2.05) is 42.5 Å². The number of carbonyl (C=O) groups excluding carboxylic acids is 1. The molecule has 1 saturated heterocycles. The van der Waals surface area contributed by atoms with E-state index in [4.69, 9.17) is 9.84 Å². The fourth-order valence-corrected chi connectivity index (χ4v) is 3.53. The van der Waals surface area contributed by atoms with Crippen molar-refractivity contribution < 1.29 is 9.53 Å². The second kappa shape index (κ2) is 6.39. The van der Waals surface area contributed by atoms with Crippen LogP contribution in [0, 0.1) is 5.92 Å². The minimum atomic E-state index is -0.472. The summed E-state index contributed by atoms with van der Waals surface area (Å²) in [6.07, 6.45) is 2.84. The largest absolute Gasteiger partial charge is 0.444 e. The Bertz CT molecular complexity index is 750. The molecule has 5 nitrogen and oxygen atoms in total. The molecule has 2 atom stereocenters. The SMILES string of the molecule is C[C@@H]1CC(n2cc3ccc(Br)cc3n2)CN(C(=O)OC(C)(C)C)C1. The second-order valence-electron chi connectivity index (χ2n) is 7.69. The maximum absolute atomic E-state index is 12.4. The lowest BCUT2D eigenvalue weighted by molar-refractivity contribution is 0.0111. The molecule has 1 aliphatic heterocycles. The van der Waals surface area contributed by atoms with Crippen LogP contribution in [0.5, 0.6) is 0 Å². The van der Waals surface area contributed by atoms with Crippen molar-refractivity contribution in [1.82, 2.24) is 14.7 Å². The average molecular weight is 394 g/mol. The zero-order chi connectivity index (χ0) is 17.5. The van der Waals surface area contributed by atoms with E-state index in [9.17, 15) is 4.79 Å². The van der Waals surface area contributed by atoms with Gasteiger partial charge in [-0.2, -0.15) is 5.10 Å². The predicted molar refractivity (Wildman–Crippen MR) is 98.1 cm³/mol. The summed E-state index contributed by atoms with van der Waals surface area (Å²) in [6.45, 7) is 9.23. The Morgan fingerprint density at radius 2 is 2.08 bits per heavy atom. The van der Waals surface area contributed by atoms with Gasteiger partial charge in [-0.25, -0.2) is 4.79 Å². The third-order valence-electron chi connectivity index (χ3n) is 4.15. The van der Waals surface area contributed by atoms with Gasteiger partial charge >= 0.3 is 6.09 Å². The van der Waals surface area contributed by atoms with Crippen molar-refractivity contribution in [1.29, 1.82) is 0 Å². The van der Waals surface area contributed by atoms with Crippen LogP contribution in [0.15, 0.2) is 28.9 Å². The van der Waals surface area contributed by atoms with E-state index in [0.29, 0.717) is 12.5 Å². The molecular formula is C18H24BrN3O2. The van der Waals surface area contributed by atoms with Gasteiger partial charge in [0.1, 0.15) is 5.60 Å². The number of fused-ring (bicyclic) bond motifs is 1. The molecule has 0 bridgehead atoms. The van der Waals surface area contributed by atoms with E-state index in [0.717, 1.165) is 28.3 Å². The first-order chi connectivity index (χ1) is 11.2. The zero-order valence-electron chi connectivity index (χ0n) is 14.6. The lowest BCUT2D eigenvalue weighted by Gasteiger charge is -2.37. The van der Waals surface area contributed by atoms with Crippen molar-refractivity contribution >= 4 is 32.9 Å². The number of carbonyl (C=O) groups is 1. The molecule has 1 unspecified atom stereocenters. The molecule has 1 aromatic carbocycles. The highest BCUT2D eigenvalue weighted by Gasteiger charge is 2.32. The van der Waals surface area contributed by atoms with Crippen molar-refractivity contribution in [2.45, 2.75) is 45.8 Å². The Balaban J connectivity index is 1.80. The third kappa shape index (κ3) is 3.91. The minimum absolute atomic E-state index is 0.174. The van der Waals surface area contributed by atoms with Crippen molar-refractivity contribution in [3.05, 3.63) is 28.9 Å². The van der Waals surface area contributed by atoms with Gasteiger partial charge < -0.3 is 9.64 Å². The van der Waals surface area contributed by atoms with Gasteiger partial charge in [-0.05, 0) is 45.2 Å². The summed E-state index contributed by atoms with van der Waals surface area (Å²) < 4.78 is 8.56. The minimum Gasteiger partial charge on any atom is -0.444 e. The number of ether oxygens (including phenoxy) is 1. The fraction of sp³-hybridized carbons (Fsp3) is 0.556. The van der Waals surface area contributed by atoms with Gasteiger partial charge in [-0.1, -0.05) is 28.9 Å². The lowest BCUT2D eigenvalue weighted by atomic mass is 9.96. The molecule has 24 heavy (non-hydrogen) atoms. The number of aromatic nitrogens is 2. The van der Waals surface area contributed by atoms with E-state index in [1.54, 1.807) is 0 Å². The van der Waals surface area contributed by atoms with Crippen molar-refractivity contribution in [2.24, 2.45) is 5.92 Å². The molecule has 0 saturated carbocycles. The first kappa shape index (κ1) is 17.3. The summed E-state index contributed by atoms with van der Waals surface area (Å²) in [4.78, 5) is 14.2. The maximum Gasteiger partial charge on any atom is 0.410 e. The molecular weight excluding hydrogens is 370 g/mol. The number of halogens is 1. The van der Waals surface area contributed by atoms with Crippen LogP contribution in [0.4, 0.5) is 4.79 Å². The maximum atomic E-state index is 12.4. The molecule has 6 heteroatoms. The van der Waals surface area contributed by atoms with E-state index in [1.165, 1.54) is 0 Å². The van der Waals surface area contributed by atoms with Crippen LogP contribution < -0.4 is 0 Å². The van der Waals surface area contributed by atoms with Gasteiger partial charge in [0.05, 0.1) is 11.6 Å². The number of benzene rings is 1. The Morgan fingerprint density at radius 1 is 1.33 bits per heavy atom.